The topological polar surface area (TPSA) is 3.24 Å². The van der Waals surface area contributed by atoms with E-state index in [0.29, 0.717) is 0 Å². The molecule has 1 nitrogen and oxygen atoms in total. The van der Waals surface area contributed by atoms with Crippen LogP contribution in [0.5, 0.6) is 0 Å². The van der Waals surface area contributed by atoms with Crippen LogP contribution >= 0.6 is 11.3 Å². The van der Waals surface area contributed by atoms with E-state index in [0.717, 1.165) is 17.1 Å². The molecule has 0 aliphatic heterocycles. The van der Waals surface area contributed by atoms with Gasteiger partial charge in [0.05, 0.1) is 0 Å². The van der Waals surface area contributed by atoms with Crippen LogP contribution in [-0.2, 0) is 5.41 Å². The first-order chi connectivity index (χ1) is 29.0. The van der Waals surface area contributed by atoms with Gasteiger partial charge in [0.15, 0.2) is 0 Å². The summed E-state index contributed by atoms with van der Waals surface area (Å²) in [5, 5.41) is 10.5. The van der Waals surface area contributed by atoms with E-state index in [1.165, 1.54) is 97.0 Å². The maximum atomic E-state index is 2.50. The van der Waals surface area contributed by atoms with Gasteiger partial charge in [0.2, 0.25) is 0 Å². The van der Waals surface area contributed by atoms with Crippen LogP contribution in [0, 0.1) is 0 Å². The molecule has 1 heterocycles. The van der Waals surface area contributed by atoms with Gasteiger partial charge in [-0.2, -0.15) is 0 Å². The number of fused-ring (bicyclic) bond motifs is 12. The van der Waals surface area contributed by atoms with E-state index in [2.05, 4.69) is 219 Å². The number of hydrogen-bond donors (Lipinski definition) is 0. The fraction of sp³-hybridized carbons (Fsp3) is 0.0526. The lowest BCUT2D eigenvalue weighted by atomic mass is 9.81. The number of thiophene rings is 1. The normalized spacial score (nSPS) is 13.1. The van der Waals surface area contributed by atoms with Gasteiger partial charge < -0.3 is 4.90 Å². The lowest BCUT2D eigenvalue weighted by molar-refractivity contribution is 0.661. The smallest absolute Gasteiger partial charge is 0.0468 e. The molecule has 0 unspecified atom stereocenters. The van der Waals surface area contributed by atoms with Gasteiger partial charge in [0.1, 0.15) is 0 Å². The van der Waals surface area contributed by atoms with Crippen molar-refractivity contribution >= 4 is 80.9 Å². The number of nitrogens with zero attached hydrogens (tertiary/aromatic N) is 1. The molecule has 278 valence electrons. The molecule has 0 amide bonds. The first-order valence-electron chi connectivity index (χ1n) is 20.5. The van der Waals surface area contributed by atoms with Crippen molar-refractivity contribution in [2.75, 3.05) is 4.90 Å². The van der Waals surface area contributed by atoms with E-state index in [9.17, 15) is 0 Å². The summed E-state index contributed by atoms with van der Waals surface area (Å²) in [5.41, 5.74) is 13.5. The standard InChI is InChI=1S/C57H39NS/c1-57(2)53-30-28-41(32-50(53)51-34-48-45-16-8-6-14-43(45)44-15-7-9-17-46(44)49(48)35-54(51)57)58(42-29-31-56-52(33-42)47-18-10-11-19-55(47)59-56)40-26-24-39(25-27-40)38-22-20-37(21-23-38)36-12-4-3-5-13-36/h3-35H,1-2H3. The molecule has 1 aromatic heterocycles. The van der Waals surface area contributed by atoms with E-state index in [-0.39, 0.29) is 5.41 Å². The molecular weight excluding hydrogens is 731 g/mol. The molecule has 10 aromatic carbocycles. The van der Waals surface area contributed by atoms with Crippen molar-refractivity contribution < 1.29 is 0 Å². The molecule has 0 saturated carbocycles. The van der Waals surface area contributed by atoms with Gasteiger partial charge in [0, 0.05) is 42.6 Å². The molecular formula is C57H39NS. The van der Waals surface area contributed by atoms with Crippen LogP contribution in [0.25, 0.3) is 85.9 Å². The molecule has 12 rings (SSSR count). The van der Waals surface area contributed by atoms with E-state index in [1.54, 1.807) is 0 Å². The van der Waals surface area contributed by atoms with Crippen LogP contribution < -0.4 is 4.90 Å². The van der Waals surface area contributed by atoms with Crippen molar-refractivity contribution in [2.24, 2.45) is 0 Å². The van der Waals surface area contributed by atoms with Gasteiger partial charge in [0.25, 0.3) is 0 Å². The first kappa shape index (κ1) is 34.1. The molecule has 59 heavy (non-hydrogen) atoms. The summed E-state index contributed by atoms with van der Waals surface area (Å²) in [6.45, 7) is 4.79. The van der Waals surface area contributed by atoms with Crippen molar-refractivity contribution in [1.82, 2.24) is 0 Å². The van der Waals surface area contributed by atoms with Crippen molar-refractivity contribution in [3.05, 3.63) is 211 Å². The molecule has 0 radical (unpaired) electrons. The van der Waals surface area contributed by atoms with Gasteiger partial charge in [-0.05, 0) is 137 Å². The monoisotopic (exact) mass is 769 g/mol. The van der Waals surface area contributed by atoms with Crippen LogP contribution in [0.3, 0.4) is 0 Å². The summed E-state index contributed by atoms with van der Waals surface area (Å²) in [4.78, 5) is 2.45. The molecule has 0 atom stereocenters. The highest BCUT2D eigenvalue weighted by atomic mass is 32.1. The van der Waals surface area contributed by atoms with Crippen LogP contribution in [0.4, 0.5) is 17.1 Å². The molecule has 0 fully saturated rings. The van der Waals surface area contributed by atoms with Crippen LogP contribution in [0.1, 0.15) is 25.0 Å². The fourth-order valence-electron chi connectivity index (χ4n) is 9.86. The Kier molecular flexibility index (Phi) is 7.51. The average Bonchev–Trinajstić information content (AvgIpc) is 3.77. The van der Waals surface area contributed by atoms with Gasteiger partial charge >= 0.3 is 0 Å². The summed E-state index contributed by atoms with van der Waals surface area (Å²) in [5.74, 6) is 0. The zero-order valence-electron chi connectivity index (χ0n) is 32.9. The van der Waals surface area contributed by atoms with Gasteiger partial charge in [-0.15, -0.1) is 11.3 Å². The number of anilines is 3. The summed E-state index contributed by atoms with van der Waals surface area (Å²) in [6.07, 6.45) is 0. The average molecular weight is 770 g/mol. The quantitative estimate of drug-likeness (QED) is 0.158. The van der Waals surface area contributed by atoms with Crippen molar-refractivity contribution in [3.63, 3.8) is 0 Å². The second-order valence-corrected chi connectivity index (χ2v) is 17.6. The first-order valence-corrected chi connectivity index (χ1v) is 21.3. The highest BCUT2D eigenvalue weighted by Gasteiger charge is 2.36. The largest absolute Gasteiger partial charge is 0.310 e. The van der Waals surface area contributed by atoms with Crippen LogP contribution in [0.15, 0.2) is 200 Å². The van der Waals surface area contributed by atoms with Crippen molar-refractivity contribution in [1.29, 1.82) is 0 Å². The zero-order chi connectivity index (χ0) is 39.2. The van der Waals surface area contributed by atoms with Crippen LogP contribution in [-0.4, -0.2) is 0 Å². The molecule has 1 aliphatic rings. The Morgan fingerprint density at radius 1 is 0.322 bits per heavy atom. The molecule has 2 heteroatoms. The maximum Gasteiger partial charge on any atom is 0.0468 e. The van der Waals surface area contributed by atoms with Crippen LogP contribution in [0.2, 0.25) is 0 Å². The molecule has 11 aromatic rings. The Hall–Kier alpha value is -7.00. The minimum atomic E-state index is -0.152. The second-order valence-electron chi connectivity index (χ2n) is 16.5. The summed E-state index contributed by atoms with van der Waals surface area (Å²) in [7, 11) is 0. The Balaban J connectivity index is 1.02. The Labute approximate surface area is 348 Å². The highest BCUT2D eigenvalue weighted by molar-refractivity contribution is 7.25. The fourth-order valence-corrected chi connectivity index (χ4v) is 11.0. The summed E-state index contributed by atoms with van der Waals surface area (Å²) >= 11 is 1.86. The second kappa shape index (κ2) is 13.0. The van der Waals surface area contributed by atoms with E-state index in [4.69, 9.17) is 0 Å². The van der Waals surface area contributed by atoms with Gasteiger partial charge in [-0.1, -0.05) is 153 Å². The van der Waals surface area contributed by atoms with Crippen molar-refractivity contribution in [3.8, 4) is 33.4 Å². The molecule has 0 bridgehead atoms. The zero-order valence-corrected chi connectivity index (χ0v) is 33.7. The van der Waals surface area contributed by atoms with E-state index in [1.807, 2.05) is 11.3 Å². The predicted octanol–water partition coefficient (Wildman–Crippen LogP) is 16.6. The minimum Gasteiger partial charge on any atom is -0.310 e. The lowest BCUT2D eigenvalue weighted by Gasteiger charge is -2.27. The molecule has 1 aliphatic carbocycles. The number of benzene rings is 10. The maximum absolute atomic E-state index is 2.50. The Morgan fingerprint density at radius 3 is 1.44 bits per heavy atom. The summed E-state index contributed by atoms with van der Waals surface area (Å²) < 4.78 is 2.62. The summed E-state index contributed by atoms with van der Waals surface area (Å²) in [6, 6.07) is 74.4. The third kappa shape index (κ3) is 5.30. The van der Waals surface area contributed by atoms with Gasteiger partial charge in [-0.25, -0.2) is 0 Å². The number of rotatable bonds is 5. The van der Waals surface area contributed by atoms with Gasteiger partial charge in [-0.3, -0.25) is 0 Å². The molecule has 0 saturated heterocycles. The highest BCUT2D eigenvalue weighted by Crippen LogP contribution is 2.53. The van der Waals surface area contributed by atoms with E-state index >= 15 is 0 Å². The molecule has 0 N–H and O–H groups in total. The predicted molar refractivity (Wildman–Crippen MR) is 255 cm³/mol. The third-order valence-electron chi connectivity index (χ3n) is 12.8. The Morgan fingerprint density at radius 2 is 0.780 bits per heavy atom. The molecule has 0 spiro atoms. The Bertz CT molecular complexity index is 3450. The number of hydrogen-bond acceptors (Lipinski definition) is 2. The SMILES string of the molecule is CC1(C)c2ccc(N(c3ccc(-c4ccc(-c5ccccc5)cc4)cc3)c3ccc4sc5ccccc5c4c3)cc2-c2cc3c4ccccc4c4ccccc4c3cc21. The van der Waals surface area contributed by atoms with E-state index < -0.39 is 0 Å². The third-order valence-corrected chi connectivity index (χ3v) is 14.0. The minimum absolute atomic E-state index is 0.152. The van der Waals surface area contributed by atoms with Crippen molar-refractivity contribution in [2.45, 2.75) is 19.3 Å². The lowest BCUT2D eigenvalue weighted by Crippen LogP contribution is -2.15.